The summed E-state index contributed by atoms with van der Waals surface area (Å²) in [5.74, 6) is 6.08. The van der Waals surface area contributed by atoms with Crippen molar-refractivity contribution >= 4 is 137 Å². The highest BCUT2D eigenvalue weighted by molar-refractivity contribution is 5.94. The number of rotatable bonds is 8. The number of fused-ring (bicyclic) bond motifs is 8. The minimum Gasteiger partial charge on any atom is -0.353 e. The van der Waals surface area contributed by atoms with E-state index in [2.05, 4.69) is 387 Å². The fraction of sp³-hybridized carbons (Fsp3) is 0.312. The van der Waals surface area contributed by atoms with Crippen molar-refractivity contribution in [3.05, 3.63) is 253 Å². The average Bonchev–Trinajstić information content (AvgIpc) is 1.59. The number of benzene rings is 6. The van der Waals surface area contributed by atoms with E-state index in [9.17, 15) is 0 Å². The number of nitrogens with zero attached hydrogens (tertiary/aromatic N) is 22. The monoisotopic (exact) mass is 1570 g/mol. The van der Waals surface area contributed by atoms with E-state index >= 15 is 0 Å². The molecule has 22 nitrogen and oxygen atoms in total. The maximum absolute atomic E-state index is 4.73. The highest BCUT2D eigenvalue weighted by atomic mass is 15.5. The minimum absolute atomic E-state index is 0.187. The maximum atomic E-state index is 4.73. The quantitative estimate of drug-likeness (QED) is 0.143. The van der Waals surface area contributed by atoms with Gasteiger partial charge in [0.1, 0.15) is 49.3 Å². The van der Waals surface area contributed by atoms with E-state index in [-0.39, 0.29) is 49.3 Å². The fourth-order valence-corrected chi connectivity index (χ4v) is 19.0. The van der Waals surface area contributed by atoms with Crippen LogP contribution in [-0.4, -0.2) is 136 Å². The van der Waals surface area contributed by atoms with Gasteiger partial charge >= 0.3 is 0 Å². The van der Waals surface area contributed by atoms with E-state index < -0.39 is 0 Å². The third-order valence-corrected chi connectivity index (χ3v) is 26.4. The van der Waals surface area contributed by atoms with E-state index in [1.54, 1.807) is 0 Å². The predicted octanol–water partition coefficient (Wildman–Crippen LogP) is 20.4. The molecule has 22 heteroatoms. The molecular formula is C96H110N22. The molecule has 6 aromatic heterocycles. The number of anilines is 24. The van der Waals surface area contributed by atoms with Crippen LogP contribution in [0.1, 0.15) is 88.8 Å². The lowest BCUT2D eigenvalue weighted by Gasteiger charge is -2.33. The van der Waals surface area contributed by atoms with Crippen LogP contribution < -0.4 is 78.4 Å². The van der Waals surface area contributed by atoms with Crippen LogP contribution in [0.4, 0.5) is 137 Å². The van der Waals surface area contributed by atoms with Crippen LogP contribution >= 0.6 is 0 Å². The molecule has 8 aliphatic heterocycles. The van der Waals surface area contributed by atoms with Crippen LogP contribution in [0.3, 0.4) is 0 Å². The highest BCUT2D eigenvalue weighted by Gasteiger charge is 2.43. The predicted molar refractivity (Wildman–Crippen MR) is 493 cm³/mol. The molecule has 6 aromatic carbocycles. The van der Waals surface area contributed by atoms with Gasteiger partial charge < -0.3 is 78.4 Å². The Labute approximate surface area is 696 Å². The van der Waals surface area contributed by atoms with Gasteiger partial charge in [0.15, 0.2) is 34.9 Å². The van der Waals surface area contributed by atoms with Gasteiger partial charge in [0.05, 0.1) is 56.9 Å². The number of hydrogen-bond donors (Lipinski definition) is 0. The molecule has 604 valence electrons. The molecule has 0 unspecified atom stereocenters. The second-order valence-corrected chi connectivity index (χ2v) is 32.7. The van der Waals surface area contributed by atoms with Gasteiger partial charge in [-0.25, -0.2) is 29.9 Å². The van der Waals surface area contributed by atoms with Crippen molar-refractivity contribution in [1.82, 2.24) is 29.9 Å². The summed E-state index contributed by atoms with van der Waals surface area (Å²) in [5, 5.41) is 0. The summed E-state index contributed by atoms with van der Waals surface area (Å²) in [6.45, 7) is 31.2. The molecule has 0 bridgehead atoms. The van der Waals surface area contributed by atoms with Crippen LogP contribution in [0.5, 0.6) is 0 Å². The first-order valence-electron chi connectivity index (χ1n) is 41.3. The summed E-state index contributed by atoms with van der Waals surface area (Å²) < 4.78 is 0. The van der Waals surface area contributed by atoms with Gasteiger partial charge in [-0.1, -0.05) is 36.4 Å². The maximum Gasteiger partial charge on any atom is 0.158 e. The molecule has 0 amide bonds. The number of para-hydroxylation sites is 4. The van der Waals surface area contributed by atoms with E-state index in [0.717, 1.165) is 69.0 Å². The molecule has 0 N–H and O–H groups in total. The van der Waals surface area contributed by atoms with Gasteiger partial charge in [0, 0.05) is 139 Å². The van der Waals surface area contributed by atoms with Crippen molar-refractivity contribution in [2.24, 2.45) is 0 Å². The van der Waals surface area contributed by atoms with Crippen LogP contribution in [0.2, 0.25) is 0 Å². The standard InChI is InChI=1S/C26H30N4.C24H28N6.2C23H26N6/c1-17-15-25(29-19(3)27(5)21-11-7-9-13-23(21)29)18(2)26(16-17)30-20(4)28(6)22-12-8-10-14-24(22)30;1-15-13-21(29-17(3)27(5)19-9-7-11-25-23(19)29)16(2)22(14-15)30-18(4)28(6)20-10-8-12-26-24(20)30;1-15-18(28-16(2)26(4)22-20(28)11-7-13-24-22)9-6-10-19(15)29-17(3)27(5)23-21(29)12-8-14-25-23;1-15-18(28-16(2)26(4)20-11-7-13-24-22(20)28)9-6-10-19(15)29-17(3)27(5)21-12-8-14-25-23(21)29/h7-16,19-20H,1-6H3;7-14,17-18H,1-6H3;2*6-14,16-17H,1-5H3/t19-,20+;17-,18+;2*16-,17+. The first kappa shape index (κ1) is 77.6. The lowest BCUT2D eigenvalue weighted by molar-refractivity contribution is 0.721. The molecule has 0 spiro atoms. The van der Waals surface area contributed by atoms with E-state index in [1.807, 2.05) is 73.6 Å². The molecule has 8 aliphatic rings. The number of hydrogen-bond acceptors (Lipinski definition) is 22. The van der Waals surface area contributed by atoms with Crippen LogP contribution in [0.25, 0.3) is 0 Å². The van der Waals surface area contributed by atoms with Gasteiger partial charge in [-0.2, -0.15) is 0 Å². The Balaban J connectivity index is 0.000000113. The molecule has 8 atom stereocenters. The summed E-state index contributed by atoms with van der Waals surface area (Å²) >= 11 is 0. The summed E-state index contributed by atoms with van der Waals surface area (Å²) in [7, 11) is 17.1. The molecule has 0 aliphatic carbocycles. The Bertz CT molecular complexity index is 5130. The van der Waals surface area contributed by atoms with Crippen molar-refractivity contribution in [1.29, 1.82) is 0 Å². The molecule has 118 heavy (non-hydrogen) atoms. The van der Waals surface area contributed by atoms with Crippen LogP contribution in [-0.2, 0) is 0 Å². The first-order valence-corrected chi connectivity index (χ1v) is 41.3. The second-order valence-electron chi connectivity index (χ2n) is 32.7. The van der Waals surface area contributed by atoms with Crippen molar-refractivity contribution in [2.75, 3.05) is 135 Å². The molecule has 20 rings (SSSR count). The normalized spacial score (nSPS) is 20.2. The van der Waals surface area contributed by atoms with E-state index in [0.29, 0.717) is 0 Å². The van der Waals surface area contributed by atoms with Gasteiger partial charge in [0.2, 0.25) is 0 Å². The molecule has 0 saturated carbocycles. The average molecular weight is 1570 g/mol. The largest absolute Gasteiger partial charge is 0.353 e. The summed E-state index contributed by atoms with van der Waals surface area (Å²) in [4.78, 5) is 65.5. The van der Waals surface area contributed by atoms with Crippen molar-refractivity contribution in [2.45, 2.75) is 146 Å². The Hall–Kier alpha value is -13.0. The summed E-state index contributed by atoms with van der Waals surface area (Å²) in [5.41, 5.74) is 29.3. The Kier molecular flexibility index (Phi) is 19.9. The van der Waals surface area contributed by atoms with Gasteiger partial charge in [-0.15, -0.1) is 0 Å². The summed E-state index contributed by atoms with van der Waals surface area (Å²) in [6, 6.07) is 64.6. The van der Waals surface area contributed by atoms with Crippen molar-refractivity contribution in [3.8, 4) is 0 Å². The minimum atomic E-state index is 0.187. The zero-order chi connectivity index (χ0) is 82.9. The van der Waals surface area contributed by atoms with E-state index in [4.69, 9.17) is 19.9 Å². The molecular weight excluding hydrogens is 1460 g/mol. The topological polar surface area (TPSA) is 129 Å². The Morgan fingerprint density at radius 1 is 0.178 bits per heavy atom. The second kappa shape index (κ2) is 30.3. The zero-order valence-corrected chi connectivity index (χ0v) is 72.2. The molecule has 14 heterocycles. The SMILES string of the molecule is Cc1c(N2c3cccnc3N(C)[C@H]2C)cccc1N1c2cccnc2N(C)[C@@H]1C.Cc1c(N2c3ncccc3N(C)[C@H]2C)cccc1N1c2ncccc2N(C)[C@@H]1C.Cc1cc(N2c3ccccc3N(C)[C@H]2C)c(C)c(N2c3ccccc3N(C)[C@@H]2C)c1.Cc1cc(N2c3ncccc3N(C)[C@H]2C)c(C)c(N2c3ncccc3N(C)[C@@H]2C)c1. The van der Waals surface area contributed by atoms with Crippen LogP contribution in [0.15, 0.2) is 219 Å². The number of aryl methyl sites for hydroxylation is 2. The highest BCUT2D eigenvalue weighted by Crippen LogP contribution is 2.55. The lowest BCUT2D eigenvalue weighted by Crippen LogP contribution is -2.37. The molecule has 0 radical (unpaired) electrons. The Morgan fingerprint density at radius 3 is 0.661 bits per heavy atom. The van der Waals surface area contributed by atoms with Gasteiger partial charge in [0.25, 0.3) is 0 Å². The third-order valence-electron chi connectivity index (χ3n) is 26.4. The fourth-order valence-electron chi connectivity index (χ4n) is 19.0. The molecule has 0 fully saturated rings. The van der Waals surface area contributed by atoms with Crippen molar-refractivity contribution < 1.29 is 0 Å². The zero-order valence-electron chi connectivity index (χ0n) is 72.2. The van der Waals surface area contributed by atoms with E-state index in [1.165, 1.54) is 102 Å². The Morgan fingerprint density at radius 2 is 0.364 bits per heavy atom. The van der Waals surface area contributed by atoms with Gasteiger partial charge in [-0.3, -0.25) is 0 Å². The lowest BCUT2D eigenvalue weighted by atomic mass is 10.0. The third kappa shape index (κ3) is 12.3. The summed E-state index contributed by atoms with van der Waals surface area (Å²) in [6.07, 6.45) is 12.9. The molecule has 0 saturated heterocycles. The number of aromatic nitrogens is 6. The smallest absolute Gasteiger partial charge is 0.158 e. The molecule has 12 aromatic rings. The first-order chi connectivity index (χ1) is 56.8. The van der Waals surface area contributed by atoms with Crippen molar-refractivity contribution in [3.63, 3.8) is 0 Å². The van der Waals surface area contributed by atoms with Gasteiger partial charge in [-0.05, 0) is 276 Å². The number of pyridine rings is 6. The van der Waals surface area contributed by atoms with Crippen LogP contribution in [0, 0.1) is 41.5 Å².